The fourth-order valence-corrected chi connectivity index (χ4v) is 1.28. The van der Waals surface area contributed by atoms with Crippen molar-refractivity contribution in [2.24, 2.45) is 5.10 Å². The van der Waals surface area contributed by atoms with Crippen LogP contribution in [0.4, 0.5) is 0 Å². The van der Waals surface area contributed by atoms with Crippen molar-refractivity contribution in [3.05, 3.63) is 59.7 Å². The Balaban J connectivity index is 1.96. The molecular formula is C13H12N4O. The minimum absolute atomic E-state index is 0.284. The number of hydrogen-bond acceptors (Lipinski definition) is 4. The van der Waals surface area contributed by atoms with Gasteiger partial charge in [-0.05, 0) is 36.8 Å². The third-order valence-electron chi connectivity index (χ3n) is 2.26. The lowest BCUT2D eigenvalue weighted by Crippen LogP contribution is -2.17. The summed E-state index contributed by atoms with van der Waals surface area (Å²) >= 11 is 0. The van der Waals surface area contributed by atoms with E-state index in [1.54, 1.807) is 42.9 Å². The third-order valence-corrected chi connectivity index (χ3v) is 2.26. The van der Waals surface area contributed by atoms with Crippen molar-refractivity contribution in [3.8, 4) is 0 Å². The van der Waals surface area contributed by atoms with E-state index in [1.165, 1.54) is 6.20 Å². The largest absolute Gasteiger partial charge is 0.272 e. The minimum Gasteiger partial charge on any atom is -0.267 e. The quantitative estimate of drug-likeness (QED) is 0.653. The topological polar surface area (TPSA) is 67.2 Å². The fourth-order valence-electron chi connectivity index (χ4n) is 1.28. The highest BCUT2D eigenvalue weighted by Gasteiger charge is 2.03. The Hall–Kier alpha value is -2.56. The van der Waals surface area contributed by atoms with Gasteiger partial charge in [-0.2, -0.15) is 5.10 Å². The Morgan fingerprint density at radius 2 is 2.06 bits per heavy atom. The molecule has 2 aromatic heterocycles. The van der Waals surface area contributed by atoms with E-state index in [-0.39, 0.29) is 5.91 Å². The first-order valence-corrected chi connectivity index (χ1v) is 5.42. The molecule has 0 bridgehead atoms. The van der Waals surface area contributed by atoms with Gasteiger partial charge in [0.2, 0.25) is 0 Å². The lowest BCUT2D eigenvalue weighted by molar-refractivity contribution is 0.0955. The van der Waals surface area contributed by atoms with Crippen molar-refractivity contribution in [2.75, 3.05) is 0 Å². The number of nitrogens with zero attached hydrogens (tertiary/aromatic N) is 3. The molecule has 0 aromatic carbocycles. The molecule has 1 N–H and O–H groups in total. The normalized spacial score (nSPS) is 10.5. The van der Waals surface area contributed by atoms with E-state index in [2.05, 4.69) is 20.5 Å². The maximum absolute atomic E-state index is 11.7. The Labute approximate surface area is 105 Å². The average molecular weight is 240 g/mol. The molecule has 5 heteroatoms. The van der Waals surface area contributed by atoms with E-state index in [4.69, 9.17) is 0 Å². The van der Waals surface area contributed by atoms with Crippen molar-refractivity contribution >= 4 is 12.1 Å². The zero-order valence-electron chi connectivity index (χ0n) is 9.87. The first-order chi connectivity index (χ1) is 8.75. The Morgan fingerprint density at radius 1 is 1.28 bits per heavy atom. The molecule has 0 saturated heterocycles. The number of carbonyl (C=O) groups is 1. The average Bonchev–Trinajstić information content (AvgIpc) is 2.40. The van der Waals surface area contributed by atoms with E-state index < -0.39 is 0 Å². The molecule has 2 rings (SSSR count). The number of pyridine rings is 2. The first kappa shape index (κ1) is 11.9. The molecule has 1 amide bonds. The highest BCUT2D eigenvalue weighted by Crippen LogP contribution is 1.98. The van der Waals surface area contributed by atoms with Gasteiger partial charge in [-0.25, -0.2) is 5.43 Å². The minimum atomic E-state index is -0.284. The smallest absolute Gasteiger partial charge is 0.267 e. The second-order valence-electron chi connectivity index (χ2n) is 3.67. The number of hydrogen-bond donors (Lipinski definition) is 1. The van der Waals surface area contributed by atoms with Crippen molar-refractivity contribution in [1.29, 1.82) is 0 Å². The van der Waals surface area contributed by atoms with Crippen LogP contribution >= 0.6 is 0 Å². The van der Waals surface area contributed by atoms with E-state index in [0.717, 1.165) is 11.3 Å². The number of hydrazone groups is 1. The summed E-state index contributed by atoms with van der Waals surface area (Å²) in [5, 5.41) is 3.86. The summed E-state index contributed by atoms with van der Waals surface area (Å²) in [6.45, 7) is 1.86. The molecule has 0 atom stereocenters. The second-order valence-corrected chi connectivity index (χ2v) is 3.67. The molecule has 0 aliphatic heterocycles. The summed E-state index contributed by atoms with van der Waals surface area (Å²) < 4.78 is 0. The van der Waals surface area contributed by atoms with E-state index >= 15 is 0 Å². The second kappa shape index (κ2) is 5.67. The Kier molecular flexibility index (Phi) is 3.76. The Bertz CT molecular complexity index is 549. The molecule has 90 valence electrons. The number of rotatable bonds is 3. The predicted molar refractivity (Wildman–Crippen MR) is 68.3 cm³/mol. The standard InChI is InChI=1S/C13H12N4O/c1-10-2-3-12(9-15-10)13(18)17-16-8-11-4-6-14-7-5-11/h2-9H,1H3,(H,17,18)/b16-8+. The van der Waals surface area contributed by atoms with Gasteiger partial charge in [0.05, 0.1) is 11.8 Å². The van der Waals surface area contributed by atoms with Gasteiger partial charge < -0.3 is 0 Å². The summed E-state index contributed by atoms with van der Waals surface area (Å²) in [7, 11) is 0. The molecule has 0 fully saturated rings. The van der Waals surface area contributed by atoms with Gasteiger partial charge in [-0.15, -0.1) is 0 Å². The number of aromatic nitrogens is 2. The number of amides is 1. The zero-order chi connectivity index (χ0) is 12.8. The van der Waals surface area contributed by atoms with E-state index in [1.807, 2.05) is 6.92 Å². The predicted octanol–water partition coefficient (Wildman–Crippen LogP) is 1.55. The van der Waals surface area contributed by atoms with Crippen LogP contribution in [0.2, 0.25) is 0 Å². The van der Waals surface area contributed by atoms with Gasteiger partial charge in [-0.1, -0.05) is 0 Å². The van der Waals surface area contributed by atoms with Crippen LogP contribution in [-0.4, -0.2) is 22.1 Å². The maximum Gasteiger partial charge on any atom is 0.272 e. The molecule has 0 saturated carbocycles. The van der Waals surface area contributed by atoms with Crippen LogP contribution in [-0.2, 0) is 0 Å². The van der Waals surface area contributed by atoms with Gasteiger partial charge >= 0.3 is 0 Å². The third kappa shape index (κ3) is 3.21. The van der Waals surface area contributed by atoms with Crippen LogP contribution in [0.3, 0.4) is 0 Å². The molecule has 0 unspecified atom stereocenters. The van der Waals surface area contributed by atoms with Crippen LogP contribution in [0, 0.1) is 6.92 Å². The molecule has 2 heterocycles. The number of aryl methyl sites for hydroxylation is 1. The SMILES string of the molecule is Cc1ccc(C(=O)N/N=C/c2ccncc2)cn1. The molecule has 2 aromatic rings. The molecule has 0 aliphatic rings. The first-order valence-electron chi connectivity index (χ1n) is 5.42. The molecule has 5 nitrogen and oxygen atoms in total. The molecule has 0 spiro atoms. The summed E-state index contributed by atoms with van der Waals surface area (Å²) in [6, 6.07) is 7.08. The van der Waals surface area contributed by atoms with E-state index in [9.17, 15) is 4.79 Å². The molecule has 0 radical (unpaired) electrons. The van der Waals surface area contributed by atoms with Gasteiger partial charge in [0.25, 0.3) is 5.91 Å². The van der Waals surface area contributed by atoms with Gasteiger partial charge in [0, 0.05) is 24.3 Å². The van der Waals surface area contributed by atoms with Crippen molar-refractivity contribution in [3.63, 3.8) is 0 Å². The van der Waals surface area contributed by atoms with Crippen molar-refractivity contribution in [1.82, 2.24) is 15.4 Å². The van der Waals surface area contributed by atoms with Crippen LogP contribution in [0.5, 0.6) is 0 Å². The maximum atomic E-state index is 11.7. The van der Waals surface area contributed by atoms with Gasteiger partial charge in [0.1, 0.15) is 0 Å². The van der Waals surface area contributed by atoms with Crippen LogP contribution < -0.4 is 5.43 Å². The van der Waals surface area contributed by atoms with Crippen molar-refractivity contribution in [2.45, 2.75) is 6.92 Å². The van der Waals surface area contributed by atoms with Gasteiger partial charge in [0.15, 0.2) is 0 Å². The lowest BCUT2D eigenvalue weighted by atomic mass is 10.2. The van der Waals surface area contributed by atoms with Crippen LogP contribution in [0.15, 0.2) is 48.0 Å². The van der Waals surface area contributed by atoms with Crippen LogP contribution in [0.25, 0.3) is 0 Å². The molecular weight excluding hydrogens is 228 g/mol. The zero-order valence-corrected chi connectivity index (χ0v) is 9.87. The molecule has 0 aliphatic carbocycles. The number of nitrogens with one attached hydrogen (secondary N) is 1. The summed E-state index contributed by atoms with van der Waals surface area (Å²) in [5.74, 6) is -0.284. The summed E-state index contributed by atoms with van der Waals surface area (Å²) in [6.07, 6.45) is 6.40. The lowest BCUT2D eigenvalue weighted by Gasteiger charge is -1.99. The highest BCUT2D eigenvalue weighted by atomic mass is 16.2. The van der Waals surface area contributed by atoms with Crippen LogP contribution in [0.1, 0.15) is 21.6 Å². The highest BCUT2D eigenvalue weighted by molar-refractivity contribution is 5.94. The van der Waals surface area contributed by atoms with E-state index in [0.29, 0.717) is 5.56 Å². The monoisotopic (exact) mass is 240 g/mol. The van der Waals surface area contributed by atoms with Crippen molar-refractivity contribution < 1.29 is 4.79 Å². The summed E-state index contributed by atoms with van der Waals surface area (Å²) in [5.41, 5.74) is 4.65. The number of carbonyl (C=O) groups excluding carboxylic acids is 1. The molecule has 18 heavy (non-hydrogen) atoms. The summed E-state index contributed by atoms with van der Waals surface area (Å²) in [4.78, 5) is 19.6. The fraction of sp³-hybridized carbons (Fsp3) is 0.0769. The van der Waals surface area contributed by atoms with Gasteiger partial charge in [-0.3, -0.25) is 14.8 Å². The Morgan fingerprint density at radius 3 is 2.72 bits per heavy atom.